The first-order valence-corrected chi connectivity index (χ1v) is 18.1. The molecule has 5 heteroatoms. The van der Waals surface area contributed by atoms with Gasteiger partial charge in [-0.3, -0.25) is 0 Å². The quantitative estimate of drug-likeness (QED) is 0.265. The Labute approximate surface area is 250 Å². The third kappa shape index (κ3) is 3.75. The van der Waals surface area contributed by atoms with Crippen LogP contribution in [0.1, 0.15) is 43.0 Å². The molecule has 0 unspecified atom stereocenters. The fourth-order valence-electron chi connectivity index (χ4n) is 7.20. The average Bonchev–Trinajstić information content (AvgIpc) is 3.30. The molecule has 1 aliphatic carbocycles. The molecule has 0 saturated heterocycles. The molecular weight excluding hydrogens is 617 g/mol. The predicted molar refractivity (Wildman–Crippen MR) is 176 cm³/mol. The van der Waals surface area contributed by atoms with E-state index in [9.17, 15) is 0 Å². The van der Waals surface area contributed by atoms with Crippen molar-refractivity contribution < 1.29 is 0 Å². The van der Waals surface area contributed by atoms with Gasteiger partial charge in [0, 0.05) is 0 Å². The molecular formula is C35H33BN2Se2. The zero-order valence-corrected chi connectivity index (χ0v) is 26.9. The molecule has 0 N–H and O–H groups in total. The Hall–Kier alpha value is -2.68. The summed E-state index contributed by atoms with van der Waals surface area (Å²) in [6.07, 6.45) is 7.37. The van der Waals surface area contributed by atoms with Crippen molar-refractivity contribution in [2.24, 2.45) is 0 Å². The second-order valence-electron chi connectivity index (χ2n) is 11.7. The number of rotatable bonds is 4. The standard InChI is InChI=1S/C35H33BN2Se2/c1-4-10-22-19-32-34-33(20-22)40-35-27(36(34)26-18-17-23(37(2)3)21-31(26)39-32)13-9-16-30(35)38-28-14-7-5-11-24(28)25-12-6-8-15-29(25)38/h5,7,9,11,13-14,16-21H,4,6,8,10,12,15H2,1-3H3. The number of anilines is 1. The van der Waals surface area contributed by atoms with E-state index in [0.29, 0.717) is 21.7 Å². The van der Waals surface area contributed by atoms with Crippen LogP contribution in [-0.2, 0) is 19.3 Å². The van der Waals surface area contributed by atoms with Gasteiger partial charge in [-0.1, -0.05) is 0 Å². The van der Waals surface area contributed by atoms with E-state index in [4.69, 9.17) is 0 Å². The van der Waals surface area contributed by atoms with Crippen LogP contribution in [0.4, 0.5) is 5.69 Å². The van der Waals surface area contributed by atoms with E-state index in [1.165, 1.54) is 71.8 Å². The minimum absolute atomic E-state index is 0.278. The Morgan fingerprint density at radius 3 is 2.50 bits per heavy atom. The van der Waals surface area contributed by atoms with Crippen molar-refractivity contribution in [1.29, 1.82) is 0 Å². The Morgan fingerprint density at radius 1 is 0.825 bits per heavy atom. The van der Waals surface area contributed by atoms with Crippen LogP contribution in [0.15, 0.2) is 72.8 Å². The molecule has 0 saturated carbocycles. The van der Waals surface area contributed by atoms with Gasteiger partial charge in [0.25, 0.3) is 0 Å². The van der Waals surface area contributed by atoms with Crippen molar-refractivity contribution in [3.05, 3.63) is 89.6 Å². The van der Waals surface area contributed by atoms with Gasteiger partial charge in [0.1, 0.15) is 0 Å². The molecule has 2 aliphatic heterocycles. The second-order valence-corrected chi connectivity index (χ2v) is 16.2. The molecule has 40 heavy (non-hydrogen) atoms. The first-order valence-electron chi connectivity index (χ1n) is 14.7. The van der Waals surface area contributed by atoms with E-state index >= 15 is 0 Å². The number of aryl methyl sites for hydroxylation is 2. The molecule has 1 aromatic heterocycles. The summed E-state index contributed by atoms with van der Waals surface area (Å²) in [5.41, 5.74) is 13.6. The van der Waals surface area contributed by atoms with E-state index in [2.05, 4.69) is 103 Å². The molecule has 0 bridgehead atoms. The van der Waals surface area contributed by atoms with Crippen molar-refractivity contribution in [2.45, 2.75) is 45.4 Å². The van der Waals surface area contributed by atoms with Crippen LogP contribution in [0.3, 0.4) is 0 Å². The van der Waals surface area contributed by atoms with Crippen LogP contribution in [0, 0.1) is 0 Å². The molecule has 2 nitrogen and oxygen atoms in total. The van der Waals surface area contributed by atoms with Gasteiger partial charge in [0.05, 0.1) is 0 Å². The van der Waals surface area contributed by atoms with Crippen molar-refractivity contribution in [3.8, 4) is 5.69 Å². The molecule has 0 fully saturated rings. The molecule has 3 aliphatic rings. The van der Waals surface area contributed by atoms with Gasteiger partial charge in [-0.05, 0) is 0 Å². The van der Waals surface area contributed by atoms with Crippen LogP contribution < -0.4 is 39.1 Å². The molecule has 3 heterocycles. The predicted octanol–water partition coefficient (Wildman–Crippen LogP) is 1.98. The molecule has 0 atom stereocenters. The third-order valence-corrected chi connectivity index (χ3v) is 13.9. The number of hydrogen-bond acceptors (Lipinski definition) is 1. The zero-order chi connectivity index (χ0) is 27.0. The summed E-state index contributed by atoms with van der Waals surface area (Å²) >= 11 is 0.618. The zero-order valence-electron chi connectivity index (χ0n) is 23.5. The summed E-state index contributed by atoms with van der Waals surface area (Å²) < 4.78 is 9.09. The SMILES string of the molecule is CCCc1cc2c3c(c1)[Se]c1c(cccc1-n1c4c(c5ccccc51)CCCC4)B3c1ccc(N(C)C)cc1[Se]2. The number of hydrogen-bond donors (Lipinski definition) is 0. The number of fused-ring (bicyclic) bond motifs is 7. The maximum atomic E-state index is 2.68. The average molecular weight is 650 g/mol. The van der Waals surface area contributed by atoms with Crippen LogP contribution in [-0.4, -0.2) is 55.3 Å². The number of nitrogens with zero attached hydrogens (tertiary/aromatic N) is 2. The van der Waals surface area contributed by atoms with E-state index in [0.717, 1.165) is 0 Å². The molecule has 4 aromatic carbocycles. The van der Waals surface area contributed by atoms with Gasteiger partial charge in [0.15, 0.2) is 0 Å². The molecule has 0 amide bonds. The first kappa shape index (κ1) is 25.1. The van der Waals surface area contributed by atoms with Gasteiger partial charge in [-0.25, -0.2) is 0 Å². The van der Waals surface area contributed by atoms with E-state index in [1.54, 1.807) is 40.0 Å². The molecule has 0 spiro atoms. The van der Waals surface area contributed by atoms with Gasteiger partial charge in [-0.15, -0.1) is 0 Å². The van der Waals surface area contributed by atoms with Crippen LogP contribution in [0.5, 0.6) is 0 Å². The summed E-state index contributed by atoms with van der Waals surface area (Å²) in [7, 11) is 4.32. The topological polar surface area (TPSA) is 8.17 Å². The third-order valence-electron chi connectivity index (χ3n) is 9.00. The fraction of sp³-hybridized carbons (Fsp3) is 0.257. The molecule has 5 aromatic rings. The normalized spacial score (nSPS) is 14.9. The van der Waals surface area contributed by atoms with Crippen molar-refractivity contribution >= 4 is 87.5 Å². The number of para-hydroxylation sites is 1. The monoisotopic (exact) mass is 652 g/mol. The first-order chi connectivity index (χ1) is 19.6. The van der Waals surface area contributed by atoms with Crippen molar-refractivity contribution in [1.82, 2.24) is 4.57 Å². The summed E-state index contributed by atoms with van der Waals surface area (Å²) in [5.74, 6) is 0. The summed E-state index contributed by atoms with van der Waals surface area (Å²) in [5, 5.41) is 1.47. The van der Waals surface area contributed by atoms with Crippen LogP contribution >= 0.6 is 0 Å². The summed E-state index contributed by atoms with van der Waals surface area (Å²) in [4.78, 5) is 2.25. The Morgan fingerprint density at radius 2 is 1.65 bits per heavy atom. The van der Waals surface area contributed by atoms with Crippen molar-refractivity contribution in [2.75, 3.05) is 19.0 Å². The Kier molecular flexibility index (Phi) is 6.08. The maximum absolute atomic E-state index is 2.68. The van der Waals surface area contributed by atoms with Gasteiger partial charge >= 0.3 is 252 Å². The van der Waals surface area contributed by atoms with Crippen molar-refractivity contribution in [3.63, 3.8) is 0 Å². The summed E-state index contributed by atoms with van der Waals surface area (Å²) in [6.45, 7) is 2.65. The van der Waals surface area contributed by atoms with Crippen LogP contribution in [0.25, 0.3) is 16.6 Å². The summed E-state index contributed by atoms with van der Waals surface area (Å²) in [6, 6.07) is 28.8. The molecule has 198 valence electrons. The van der Waals surface area contributed by atoms with Gasteiger partial charge in [-0.2, -0.15) is 0 Å². The van der Waals surface area contributed by atoms with E-state index in [1.807, 2.05) is 0 Å². The second kappa shape index (κ2) is 9.71. The molecule has 8 rings (SSSR count). The Bertz CT molecular complexity index is 1820. The fourth-order valence-corrected chi connectivity index (χ4v) is 13.0. The molecule has 0 radical (unpaired) electrons. The number of benzene rings is 4. The van der Waals surface area contributed by atoms with E-state index in [-0.39, 0.29) is 15.0 Å². The van der Waals surface area contributed by atoms with Gasteiger partial charge < -0.3 is 0 Å². The minimum atomic E-state index is 0.278. The van der Waals surface area contributed by atoms with E-state index < -0.39 is 0 Å². The number of aromatic nitrogens is 1. The van der Waals surface area contributed by atoms with Gasteiger partial charge in [0.2, 0.25) is 0 Å². The Balaban J connectivity index is 1.40. The van der Waals surface area contributed by atoms with Crippen LogP contribution in [0.2, 0.25) is 0 Å².